The number of nitrogens with zero attached hydrogens (tertiary/aromatic N) is 5. The van der Waals surface area contributed by atoms with E-state index >= 15 is 0 Å². The summed E-state index contributed by atoms with van der Waals surface area (Å²) in [7, 11) is 4.99. The highest BCUT2D eigenvalue weighted by Gasteiger charge is 2.40. The summed E-state index contributed by atoms with van der Waals surface area (Å²) in [5.74, 6) is 0.884. The Bertz CT molecular complexity index is 2410. The Morgan fingerprint density at radius 1 is 0.741 bits per heavy atom. The molecule has 0 saturated heterocycles. The predicted octanol–water partition coefficient (Wildman–Crippen LogP) is 8.41. The van der Waals surface area contributed by atoms with E-state index in [-0.39, 0.29) is 42.8 Å². The van der Waals surface area contributed by atoms with Gasteiger partial charge in [-0.15, -0.1) is 0 Å². The first-order valence-electron chi connectivity index (χ1n) is 17.5. The molecule has 4 aliphatic heterocycles. The van der Waals surface area contributed by atoms with Gasteiger partial charge in [0.15, 0.2) is 0 Å². The van der Waals surface area contributed by atoms with Gasteiger partial charge in [0.2, 0.25) is 0 Å². The lowest BCUT2D eigenvalue weighted by Gasteiger charge is -2.31. The Hall–Kier alpha value is -5.20. The van der Waals surface area contributed by atoms with E-state index in [1.165, 1.54) is 17.7 Å². The highest BCUT2D eigenvalue weighted by Crippen LogP contribution is 2.59. The molecular formula is C40H34N5O6P3. The van der Waals surface area contributed by atoms with Crippen LogP contribution in [0.25, 0.3) is 0 Å². The Morgan fingerprint density at radius 3 is 2.04 bits per heavy atom. The van der Waals surface area contributed by atoms with Crippen LogP contribution in [0.5, 0.6) is 11.5 Å². The standard InChI is InChI=1S/C40H34N5O6P3/c46-39-33-11-9-31(18-35(33)41-20-29-16-26-5-1-3-7-36(26)43(29)39)50-22-24-13-25(15-28(14-24)45(48)49)23-51-32-10-12-34-38(19-32)42(54(52)53)21-30-17-27-6-2-4-8-37(27)44(30)40(34)47/h1-15,18-20,29-30H,16-17,21-23,52-53H2/t29-,30-/m0/s1. The molecule has 9 rings (SSSR count). The Labute approximate surface area is 317 Å². The van der Waals surface area contributed by atoms with Gasteiger partial charge in [0, 0.05) is 62.3 Å². The van der Waals surface area contributed by atoms with Crippen molar-refractivity contribution in [3.8, 4) is 11.5 Å². The van der Waals surface area contributed by atoms with Crippen molar-refractivity contribution in [1.82, 2.24) is 0 Å². The second kappa shape index (κ2) is 13.9. The van der Waals surface area contributed by atoms with E-state index in [0.29, 0.717) is 52.4 Å². The van der Waals surface area contributed by atoms with Crippen molar-refractivity contribution in [2.45, 2.75) is 38.1 Å². The molecule has 0 radical (unpaired) electrons. The summed E-state index contributed by atoms with van der Waals surface area (Å²) in [6.07, 6.45) is 3.31. The molecule has 54 heavy (non-hydrogen) atoms. The number of rotatable bonds is 8. The summed E-state index contributed by atoms with van der Waals surface area (Å²) in [6, 6.07) is 31.3. The van der Waals surface area contributed by atoms with Gasteiger partial charge in [-0.2, -0.15) is 0 Å². The number of benzene rings is 5. The van der Waals surface area contributed by atoms with Gasteiger partial charge in [-0.3, -0.25) is 29.6 Å². The molecule has 4 atom stereocenters. The van der Waals surface area contributed by atoms with Gasteiger partial charge in [0.05, 0.1) is 39.5 Å². The summed E-state index contributed by atoms with van der Waals surface area (Å²) in [4.78, 5) is 47.5. The van der Waals surface area contributed by atoms with Crippen molar-refractivity contribution >= 4 is 71.8 Å². The first kappa shape index (κ1) is 34.6. The number of ether oxygens (including phenoxy) is 2. The van der Waals surface area contributed by atoms with E-state index in [4.69, 9.17) is 9.47 Å². The molecule has 14 heteroatoms. The van der Waals surface area contributed by atoms with Crippen LogP contribution in [0.1, 0.15) is 43.0 Å². The van der Waals surface area contributed by atoms with Crippen LogP contribution < -0.4 is 23.9 Å². The van der Waals surface area contributed by atoms with Gasteiger partial charge in [-0.1, -0.05) is 54.3 Å². The minimum Gasteiger partial charge on any atom is -0.489 e. The third-order valence-electron chi connectivity index (χ3n) is 10.3. The van der Waals surface area contributed by atoms with E-state index < -0.39 is 12.4 Å². The van der Waals surface area contributed by atoms with Crippen molar-refractivity contribution in [3.05, 3.63) is 147 Å². The van der Waals surface area contributed by atoms with Crippen molar-refractivity contribution < 1.29 is 24.0 Å². The van der Waals surface area contributed by atoms with E-state index in [1.54, 1.807) is 29.2 Å². The Kier molecular flexibility index (Phi) is 8.89. The average Bonchev–Trinajstić information content (AvgIpc) is 3.67. The molecule has 11 nitrogen and oxygen atoms in total. The number of non-ortho nitro benzene ring substituents is 1. The zero-order valence-corrected chi connectivity index (χ0v) is 32.1. The first-order valence-corrected chi connectivity index (χ1v) is 22.0. The van der Waals surface area contributed by atoms with Crippen LogP contribution in [0.4, 0.5) is 28.4 Å². The number of carbonyl (C=O) groups is 2. The summed E-state index contributed by atoms with van der Waals surface area (Å²) in [5.41, 5.74) is 7.65. The second-order valence-corrected chi connectivity index (χ2v) is 19.9. The Morgan fingerprint density at radius 2 is 1.35 bits per heavy atom. The van der Waals surface area contributed by atoms with E-state index in [9.17, 15) is 19.7 Å². The molecule has 0 spiro atoms. The number of hydrogen-bond donors (Lipinski definition) is 0. The highest BCUT2D eigenvalue weighted by atomic mass is 32.4. The summed E-state index contributed by atoms with van der Waals surface area (Å²) in [5, 5.41) is 11.9. The van der Waals surface area contributed by atoms with Crippen LogP contribution in [0.2, 0.25) is 0 Å². The SMILES string of the molecule is O=C1c2ccc(OCc3cc(COc4ccc5c(c4)N=C[C@@H]4Cc6ccccc6N4C5=O)cc([N+](=O)[O-])c3)cc2N(P(P)P)C[C@@H]2Cc3ccccc3N12. The number of aliphatic imine (C=N–C) groups is 1. The van der Waals surface area contributed by atoms with Crippen LogP contribution in [-0.2, 0) is 26.1 Å². The number of nitro benzene ring substituents is 1. The Balaban J connectivity index is 0.922. The second-order valence-electron chi connectivity index (χ2n) is 13.7. The quantitative estimate of drug-likeness (QED) is 0.0883. The van der Waals surface area contributed by atoms with Gasteiger partial charge in [-0.05, 0) is 71.1 Å². The van der Waals surface area contributed by atoms with E-state index in [0.717, 1.165) is 29.0 Å². The molecule has 0 N–H and O–H groups in total. The normalized spacial score (nSPS) is 17.9. The predicted molar refractivity (Wildman–Crippen MR) is 218 cm³/mol. The first-order chi connectivity index (χ1) is 26.2. The van der Waals surface area contributed by atoms with Gasteiger partial charge < -0.3 is 19.0 Å². The van der Waals surface area contributed by atoms with Crippen LogP contribution >= 0.6 is 25.3 Å². The van der Waals surface area contributed by atoms with Crippen molar-refractivity contribution in [2.75, 3.05) is 21.0 Å². The number of para-hydroxylation sites is 2. The average molecular weight is 774 g/mol. The largest absolute Gasteiger partial charge is 0.489 e. The third kappa shape index (κ3) is 6.20. The molecule has 4 heterocycles. The third-order valence-corrected chi connectivity index (χ3v) is 12.9. The molecule has 2 unspecified atom stereocenters. The van der Waals surface area contributed by atoms with E-state index in [2.05, 4.69) is 33.6 Å². The molecule has 5 aromatic rings. The van der Waals surface area contributed by atoms with Gasteiger partial charge in [-0.25, -0.2) is 0 Å². The van der Waals surface area contributed by atoms with Crippen molar-refractivity contribution in [3.63, 3.8) is 0 Å². The fourth-order valence-corrected chi connectivity index (χ4v) is 9.95. The smallest absolute Gasteiger partial charge is 0.270 e. The number of anilines is 3. The van der Waals surface area contributed by atoms with Crippen LogP contribution in [0.15, 0.2) is 108 Å². The van der Waals surface area contributed by atoms with Crippen LogP contribution in [0, 0.1) is 10.1 Å². The van der Waals surface area contributed by atoms with Gasteiger partial charge in [0.25, 0.3) is 17.5 Å². The molecule has 0 saturated carbocycles. The molecular weight excluding hydrogens is 739 g/mol. The molecule has 0 aliphatic carbocycles. The minimum absolute atomic E-state index is 0.0140. The molecule has 0 aromatic heterocycles. The lowest BCUT2D eigenvalue weighted by atomic mass is 10.1. The van der Waals surface area contributed by atoms with E-state index in [1.807, 2.05) is 71.8 Å². The zero-order valence-electron chi connectivity index (χ0n) is 28.9. The van der Waals surface area contributed by atoms with Gasteiger partial charge >= 0.3 is 0 Å². The monoisotopic (exact) mass is 773 g/mol. The molecule has 0 bridgehead atoms. The molecule has 2 amide bonds. The van der Waals surface area contributed by atoms with Crippen molar-refractivity contribution in [1.29, 1.82) is 0 Å². The van der Waals surface area contributed by atoms with Crippen LogP contribution in [0.3, 0.4) is 0 Å². The molecule has 5 aromatic carbocycles. The number of carbonyl (C=O) groups excluding carboxylic acids is 2. The maximum absolute atomic E-state index is 14.0. The van der Waals surface area contributed by atoms with Crippen LogP contribution in [-0.4, -0.2) is 41.6 Å². The summed E-state index contributed by atoms with van der Waals surface area (Å²) < 4.78 is 14.6. The molecule has 0 fully saturated rings. The fraction of sp³-hybridized carbons (Fsp3) is 0.175. The zero-order chi connectivity index (χ0) is 37.1. The molecule has 4 aliphatic rings. The summed E-state index contributed by atoms with van der Waals surface area (Å²) >= 11 is 0. The topological polar surface area (TPSA) is 118 Å². The summed E-state index contributed by atoms with van der Waals surface area (Å²) in [6.45, 7) is 0.788. The van der Waals surface area contributed by atoms with Crippen molar-refractivity contribution in [2.24, 2.45) is 4.99 Å². The minimum atomic E-state index is -0.747. The number of nitro groups is 1. The maximum atomic E-state index is 14.0. The number of amides is 2. The fourth-order valence-electron chi connectivity index (χ4n) is 7.85. The number of fused-ring (bicyclic) bond motifs is 8. The number of hydrogen-bond acceptors (Lipinski definition) is 8. The molecule has 270 valence electrons. The van der Waals surface area contributed by atoms with Gasteiger partial charge in [0.1, 0.15) is 24.7 Å². The lowest BCUT2D eigenvalue weighted by molar-refractivity contribution is -0.385. The maximum Gasteiger partial charge on any atom is 0.270 e. The lowest BCUT2D eigenvalue weighted by Crippen LogP contribution is -2.40. The highest BCUT2D eigenvalue weighted by molar-refractivity contribution is 8.43.